The second kappa shape index (κ2) is 14.3. The molecule has 1 atom stereocenters. The van der Waals surface area contributed by atoms with E-state index < -0.39 is 12.0 Å². The Bertz CT molecular complexity index is 2420. The summed E-state index contributed by atoms with van der Waals surface area (Å²) in [6.07, 6.45) is 1.79. The van der Waals surface area contributed by atoms with Gasteiger partial charge in [0.2, 0.25) is 0 Å². The van der Waals surface area contributed by atoms with Crippen LogP contribution in [0.5, 0.6) is 5.75 Å². The molecule has 0 aliphatic carbocycles. The number of aromatic nitrogens is 1. The Hall–Kier alpha value is -5.24. The lowest BCUT2D eigenvalue weighted by Gasteiger charge is -2.26. The molecule has 0 spiro atoms. The summed E-state index contributed by atoms with van der Waals surface area (Å²) in [5.74, 6) is 0.396. The average Bonchev–Trinajstić information content (AvgIpc) is 3.44. The van der Waals surface area contributed by atoms with Gasteiger partial charge in [0.1, 0.15) is 12.4 Å². The lowest BCUT2D eigenvalue weighted by atomic mass is 9.91. The normalized spacial score (nSPS) is 14.5. The molecule has 6 nitrogen and oxygen atoms in total. The quantitative estimate of drug-likeness (QED) is 0.142. The lowest BCUT2D eigenvalue weighted by molar-refractivity contribution is -0.138. The number of hydrogen-bond acceptors (Lipinski definition) is 6. The second-order valence-electron chi connectivity index (χ2n) is 12.4. The monoisotopic (exact) mass is 698 g/mol. The second-order valence-corrected chi connectivity index (χ2v) is 13.8. The van der Waals surface area contributed by atoms with Crippen molar-refractivity contribution in [2.24, 2.45) is 4.99 Å². The molecule has 250 valence electrons. The van der Waals surface area contributed by atoms with Crippen LogP contribution in [0.3, 0.4) is 0 Å². The minimum atomic E-state index is -0.759. The molecule has 0 bridgehead atoms. The van der Waals surface area contributed by atoms with E-state index in [1.807, 2.05) is 78.9 Å². The predicted molar refractivity (Wildman–Crippen MR) is 201 cm³/mol. The van der Waals surface area contributed by atoms with E-state index in [-0.39, 0.29) is 12.2 Å². The molecule has 0 unspecified atom stereocenters. The van der Waals surface area contributed by atoms with Crippen molar-refractivity contribution in [2.75, 3.05) is 6.61 Å². The highest BCUT2D eigenvalue weighted by Crippen LogP contribution is 2.36. The van der Waals surface area contributed by atoms with Gasteiger partial charge in [-0.1, -0.05) is 134 Å². The van der Waals surface area contributed by atoms with Crippen LogP contribution in [0.4, 0.5) is 0 Å². The topological polar surface area (TPSA) is 69.9 Å². The molecular formula is C42H35ClN2O4S. The fraction of sp³-hybridized carbons (Fsp3) is 0.167. The average molecular weight is 699 g/mol. The molecule has 5 aromatic carbocycles. The molecule has 7 rings (SSSR count). The van der Waals surface area contributed by atoms with Crippen molar-refractivity contribution in [1.29, 1.82) is 0 Å². The molecule has 0 N–H and O–H groups in total. The van der Waals surface area contributed by atoms with Gasteiger partial charge in [-0.25, -0.2) is 9.79 Å². The third kappa shape index (κ3) is 6.54. The van der Waals surface area contributed by atoms with Crippen molar-refractivity contribution in [1.82, 2.24) is 4.57 Å². The smallest absolute Gasteiger partial charge is 0.338 e. The summed E-state index contributed by atoms with van der Waals surface area (Å²) in [6.45, 7) is 6.55. The van der Waals surface area contributed by atoms with Gasteiger partial charge in [0, 0.05) is 16.1 Å². The highest BCUT2D eigenvalue weighted by atomic mass is 35.5. The molecule has 2 heterocycles. The number of benzene rings is 5. The Balaban J connectivity index is 1.38. The van der Waals surface area contributed by atoms with E-state index in [0.29, 0.717) is 49.5 Å². The minimum Gasteiger partial charge on any atom is -0.488 e. The van der Waals surface area contributed by atoms with Crippen LogP contribution >= 0.6 is 22.9 Å². The van der Waals surface area contributed by atoms with Crippen LogP contribution in [0.1, 0.15) is 60.5 Å². The first kappa shape index (κ1) is 33.3. The SMILES string of the molecule is CCOC(=O)C1=C(c2ccccc2)N=c2s/c(=C\c3cc(Cl)ccc3OCc3cccc4ccccc34)c(=O)n2[C@@H]1c1ccc(C(C)C)cc1. The Labute approximate surface area is 299 Å². The maximum Gasteiger partial charge on any atom is 0.338 e. The van der Waals surface area contributed by atoms with Crippen molar-refractivity contribution < 1.29 is 14.3 Å². The number of halogens is 1. The van der Waals surface area contributed by atoms with Crippen LogP contribution in [0, 0.1) is 0 Å². The number of carbonyl (C=O) groups excluding carboxylic acids is 1. The van der Waals surface area contributed by atoms with E-state index in [1.54, 1.807) is 29.7 Å². The van der Waals surface area contributed by atoms with Gasteiger partial charge in [-0.3, -0.25) is 9.36 Å². The molecule has 0 fully saturated rings. The van der Waals surface area contributed by atoms with Crippen molar-refractivity contribution in [3.63, 3.8) is 0 Å². The molecular weight excluding hydrogens is 664 g/mol. The van der Waals surface area contributed by atoms with Crippen molar-refractivity contribution in [2.45, 2.75) is 39.3 Å². The van der Waals surface area contributed by atoms with E-state index in [0.717, 1.165) is 33.0 Å². The number of nitrogens with zero attached hydrogens (tertiary/aromatic N) is 2. The Morgan fingerprint density at radius 2 is 1.68 bits per heavy atom. The summed E-state index contributed by atoms with van der Waals surface area (Å²) >= 11 is 7.76. The number of fused-ring (bicyclic) bond motifs is 2. The predicted octanol–water partition coefficient (Wildman–Crippen LogP) is 8.44. The van der Waals surface area contributed by atoms with E-state index in [9.17, 15) is 9.59 Å². The Kier molecular flexibility index (Phi) is 9.52. The third-order valence-corrected chi connectivity index (χ3v) is 10.0. The van der Waals surface area contributed by atoms with Crippen LogP contribution in [-0.2, 0) is 16.1 Å². The molecule has 0 saturated heterocycles. The fourth-order valence-corrected chi connectivity index (χ4v) is 7.47. The van der Waals surface area contributed by atoms with Crippen LogP contribution in [0.15, 0.2) is 131 Å². The van der Waals surface area contributed by atoms with Crippen molar-refractivity contribution in [3.05, 3.63) is 173 Å². The Morgan fingerprint density at radius 3 is 2.44 bits per heavy atom. The highest BCUT2D eigenvalue weighted by molar-refractivity contribution is 7.07. The largest absolute Gasteiger partial charge is 0.488 e. The zero-order valence-corrected chi connectivity index (χ0v) is 29.5. The summed E-state index contributed by atoms with van der Waals surface area (Å²) in [5, 5.41) is 2.77. The van der Waals surface area contributed by atoms with Gasteiger partial charge in [-0.2, -0.15) is 0 Å². The number of esters is 1. The van der Waals surface area contributed by atoms with Gasteiger partial charge in [0.15, 0.2) is 4.80 Å². The molecule has 1 aliphatic rings. The molecule has 6 aromatic rings. The van der Waals surface area contributed by atoms with E-state index in [1.165, 1.54) is 11.3 Å². The van der Waals surface area contributed by atoms with Crippen LogP contribution < -0.4 is 19.6 Å². The summed E-state index contributed by atoms with van der Waals surface area (Å²) in [4.78, 5) is 33.8. The zero-order chi connectivity index (χ0) is 34.8. The number of hydrogen-bond donors (Lipinski definition) is 0. The number of ether oxygens (including phenoxy) is 2. The number of carbonyl (C=O) groups is 1. The van der Waals surface area contributed by atoms with Gasteiger partial charge in [-0.15, -0.1) is 0 Å². The molecule has 0 radical (unpaired) electrons. The summed E-state index contributed by atoms with van der Waals surface area (Å²) in [6, 6.07) is 36.6. The standard InChI is InChI=1S/C42H35ClN2O4S/c1-4-48-41(47)37-38(29-12-6-5-7-13-29)44-42-45(39(37)30-19-17-27(18-20-30)26(2)3)40(46)36(50-42)24-32-23-33(43)21-22-35(32)49-25-31-15-10-14-28-11-8-9-16-34(28)31/h5-24,26,39H,4,25H2,1-3H3/b36-24-/t39-/m1/s1. The summed E-state index contributed by atoms with van der Waals surface area (Å²) in [7, 11) is 0. The third-order valence-electron chi connectivity index (χ3n) is 8.81. The Morgan fingerprint density at radius 1 is 0.940 bits per heavy atom. The minimum absolute atomic E-state index is 0.185. The first-order valence-electron chi connectivity index (χ1n) is 16.6. The summed E-state index contributed by atoms with van der Waals surface area (Å²) < 4.78 is 14.0. The maximum absolute atomic E-state index is 14.5. The molecule has 50 heavy (non-hydrogen) atoms. The molecule has 1 aromatic heterocycles. The molecule has 0 saturated carbocycles. The zero-order valence-electron chi connectivity index (χ0n) is 27.9. The van der Waals surface area contributed by atoms with Gasteiger partial charge >= 0.3 is 5.97 Å². The van der Waals surface area contributed by atoms with E-state index in [4.69, 9.17) is 26.1 Å². The highest BCUT2D eigenvalue weighted by Gasteiger charge is 2.35. The van der Waals surface area contributed by atoms with Gasteiger partial charge in [0.25, 0.3) is 5.56 Å². The van der Waals surface area contributed by atoms with Crippen LogP contribution in [-0.4, -0.2) is 17.1 Å². The first-order chi connectivity index (χ1) is 24.3. The van der Waals surface area contributed by atoms with E-state index in [2.05, 4.69) is 38.1 Å². The van der Waals surface area contributed by atoms with Crippen LogP contribution in [0.25, 0.3) is 22.5 Å². The number of thiazole rings is 1. The van der Waals surface area contributed by atoms with Crippen molar-refractivity contribution in [3.8, 4) is 5.75 Å². The number of rotatable bonds is 9. The molecule has 0 amide bonds. The van der Waals surface area contributed by atoms with Gasteiger partial charge < -0.3 is 9.47 Å². The fourth-order valence-electron chi connectivity index (χ4n) is 6.30. The first-order valence-corrected chi connectivity index (χ1v) is 17.8. The molecule has 1 aliphatic heterocycles. The van der Waals surface area contributed by atoms with E-state index >= 15 is 0 Å². The van der Waals surface area contributed by atoms with Gasteiger partial charge in [0.05, 0.1) is 28.5 Å². The summed E-state index contributed by atoms with van der Waals surface area (Å²) in [5.41, 5.74) is 4.93. The molecule has 8 heteroatoms. The maximum atomic E-state index is 14.5. The van der Waals surface area contributed by atoms with Crippen LogP contribution in [0.2, 0.25) is 5.02 Å². The van der Waals surface area contributed by atoms with Gasteiger partial charge in [-0.05, 0) is 64.6 Å². The lowest BCUT2D eigenvalue weighted by Crippen LogP contribution is -2.40. The van der Waals surface area contributed by atoms with Crippen molar-refractivity contribution >= 4 is 51.5 Å².